The number of carbonyl (C=O) groups is 1. The minimum absolute atomic E-state index is 0.101. The number of esters is 1. The first-order valence-corrected chi connectivity index (χ1v) is 7.18. The summed E-state index contributed by atoms with van der Waals surface area (Å²) in [6.45, 7) is 0. The largest absolute Gasteiger partial charge is 0.469 e. The lowest BCUT2D eigenvalue weighted by atomic mass is 10.1. The molecule has 6 heteroatoms. The van der Waals surface area contributed by atoms with Gasteiger partial charge < -0.3 is 4.74 Å². The van der Waals surface area contributed by atoms with Crippen LogP contribution in [0.15, 0.2) is 0 Å². The van der Waals surface area contributed by atoms with E-state index in [9.17, 15) is 13.2 Å². The number of methoxy groups -OCH3 is 1. The van der Waals surface area contributed by atoms with Gasteiger partial charge in [-0.2, -0.15) is 0 Å². The van der Waals surface area contributed by atoms with E-state index in [0.717, 1.165) is 19.3 Å². The average Bonchev–Trinajstić information content (AvgIpc) is 2.88. The normalized spacial score (nSPS) is 30.3. The molecule has 0 aromatic heterocycles. The van der Waals surface area contributed by atoms with Gasteiger partial charge in [-0.25, -0.2) is 13.1 Å². The van der Waals surface area contributed by atoms with Crippen LogP contribution in [0.3, 0.4) is 0 Å². The second kappa shape index (κ2) is 4.33. The van der Waals surface area contributed by atoms with Gasteiger partial charge in [0, 0.05) is 6.04 Å². The molecule has 2 fully saturated rings. The summed E-state index contributed by atoms with van der Waals surface area (Å²) in [5, 5.41) is -0.597. The Morgan fingerprint density at radius 1 is 1.25 bits per heavy atom. The van der Waals surface area contributed by atoms with E-state index in [0.29, 0.717) is 12.8 Å². The van der Waals surface area contributed by atoms with E-state index in [1.54, 1.807) is 0 Å². The summed E-state index contributed by atoms with van der Waals surface area (Å²) in [6.07, 6.45) is 3.77. The molecule has 0 radical (unpaired) electrons. The Balaban J connectivity index is 2.08. The molecule has 0 aromatic rings. The van der Waals surface area contributed by atoms with Crippen molar-refractivity contribution in [2.45, 2.75) is 43.4 Å². The molecular weight excluding hydrogens is 230 g/mol. The molecule has 2 aliphatic carbocycles. The van der Waals surface area contributed by atoms with Crippen LogP contribution in [0.2, 0.25) is 0 Å². The van der Waals surface area contributed by atoms with E-state index in [1.165, 1.54) is 7.11 Å². The van der Waals surface area contributed by atoms with Gasteiger partial charge in [-0.15, -0.1) is 0 Å². The lowest BCUT2D eigenvalue weighted by Crippen LogP contribution is -2.40. The SMILES string of the molecule is COC(=O)C1CCCC1S(=O)(=O)NC1CC1. The maximum atomic E-state index is 12.0. The maximum Gasteiger partial charge on any atom is 0.310 e. The molecule has 2 aliphatic rings. The van der Waals surface area contributed by atoms with Crippen LogP contribution < -0.4 is 4.72 Å². The van der Waals surface area contributed by atoms with E-state index in [-0.39, 0.29) is 6.04 Å². The van der Waals surface area contributed by atoms with Crippen LogP contribution in [-0.2, 0) is 19.6 Å². The highest BCUT2D eigenvalue weighted by Crippen LogP contribution is 2.33. The van der Waals surface area contributed by atoms with E-state index in [2.05, 4.69) is 9.46 Å². The van der Waals surface area contributed by atoms with Crippen molar-refractivity contribution >= 4 is 16.0 Å². The zero-order valence-corrected chi connectivity index (χ0v) is 10.1. The molecule has 16 heavy (non-hydrogen) atoms. The lowest BCUT2D eigenvalue weighted by Gasteiger charge is -2.18. The Kier molecular flexibility index (Phi) is 3.21. The van der Waals surface area contributed by atoms with Gasteiger partial charge in [-0.1, -0.05) is 6.42 Å². The van der Waals surface area contributed by atoms with E-state index < -0.39 is 27.2 Å². The zero-order chi connectivity index (χ0) is 11.8. The highest BCUT2D eigenvalue weighted by atomic mass is 32.2. The van der Waals surface area contributed by atoms with Crippen LogP contribution in [0.5, 0.6) is 0 Å². The smallest absolute Gasteiger partial charge is 0.310 e. The highest BCUT2D eigenvalue weighted by Gasteiger charge is 2.43. The first-order valence-electron chi connectivity index (χ1n) is 5.63. The summed E-state index contributed by atoms with van der Waals surface area (Å²) in [6, 6.07) is 0.101. The Hall–Kier alpha value is -0.620. The molecule has 0 spiro atoms. The number of sulfonamides is 1. The number of hydrogen-bond acceptors (Lipinski definition) is 4. The fraction of sp³-hybridized carbons (Fsp3) is 0.900. The van der Waals surface area contributed by atoms with Gasteiger partial charge in [-0.3, -0.25) is 4.79 Å². The molecule has 0 heterocycles. The highest BCUT2D eigenvalue weighted by molar-refractivity contribution is 7.90. The summed E-state index contributed by atoms with van der Waals surface area (Å²) in [7, 11) is -2.05. The van der Waals surface area contributed by atoms with Crippen LogP contribution >= 0.6 is 0 Å². The number of rotatable bonds is 4. The van der Waals surface area contributed by atoms with Gasteiger partial charge in [0.15, 0.2) is 0 Å². The topological polar surface area (TPSA) is 72.5 Å². The standard InChI is InChI=1S/C10H17NO4S/c1-15-10(12)8-3-2-4-9(8)16(13,14)11-7-5-6-7/h7-9,11H,2-6H2,1H3. The van der Waals surface area contributed by atoms with E-state index >= 15 is 0 Å². The number of ether oxygens (including phenoxy) is 1. The third-order valence-electron chi connectivity index (χ3n) is 3.26. The monoisotopic (exact) mass is 247 g/mol. The van der Waals surface area contributed by atoms with Crippen LogP contribution in [0.1, 0.15) is 32.1 Å². The molecule has 5 nitrogen and oxygen atoms in total. The molecule has 0 amide bonds. The van der Waals surface area contributed by atoms with Gasteiger partial charge in [0.1, 0.15) is 0 Å². The van der Waals surface area contributed by atoms with Crippen molar-refractivity contribution in [3.63, 3.8) is 0 Å². The molecule has 92 valence electrons. The van der Waals surface area contributed by atoms with Crippen molar-refractivity contribution in [3.8, 4) is 0 Å². The molecular formula is C10H17NO4S. The third kappa shape index (κ3) is 2.38. The minimum Gasteiger partial charge on any atom is -0.469 e. The molecule has 0 bridgehead atoms. The Bertz CT molecular complexity index is 374. The van der Waals surface area contributed by atoms with Crippen LogP contribution in [-0.4, -0.2) is 32.8 Å². The quantitative estimate of drug-likeness (QED) is 0.730. The Morgan fingerprint density at radius 2 is 1.94 bits per heavy atom. The second-order valence-electron chi connectivity index (χ2n) is 4.54. The second-order valence-corrected chi connectivity index (χ2v) is 6.47. The maximum absolute atomic E-state index is 12.0. The van der Waals surface area contributed by atoms with Crippen molar-refractivity contribution in [2.24, 2.45) is 5.92 Å². The molecule has 0 aliphatic heterocycles. The van der Waals surface area contributed by atoms with Crippen LogP contribution in [0.4, 0.5) is 0 Å². The zero-order valence-electron chi connectivity index (χ0n) is 9.31. The average molecular weight is 247 g/mol. The van der Waals surface area contributed by atoms with Crippen molar-refractivity contribution in [2.75, 3.05) is 7.11 Å². The molecule has 2 rings (SSSR count). The number of nitrogens with one attached hydrogen (secondary N) is 1. The van der Waals surface area contributed by atoms with Gasteiger partial charge in [0.2, 0.25) is 10.0 Å². The Morgan fingerprint density at radius 3 is 2.50 bits per heavy atom. The summed E-state index contributed by atoms with van der Waals surface area (Å²) in [4.78, 5) is 11.5. The van der Waals surface area contributed by atoms with Gasteiger partial charge >= 0.3 is 5.97 Å². The summed E-state index contributed by atoms with van der Waals surface area (Å²) in [5.41, 5.74) is 0. The third-order valence-corrected chi connectivity index (χ3v) is 5.29. The lowest BCUT2D eigenvalue weighted by molar-refractivity contribution is -0.145. The van der Waals surface area contributed by atoms with Gasteiger partial charge in [-0.05, 0) is 25.7 Å². The van der Waals surface area contributed by atoms with Gasteiger partial charge in [0.25, 0.3) is 0 Å². The first kappa shape index (κ1) is 11.9. The predicted octanol–water partition coefficient (Wildman–Crippen LogP) is 0.410. The summed E-state index contributed by atoms with van der Waals surface area (Å²) < 4.78 is 31.3. The van der Waals surface area contributed by atoms with Crippen molar-refractivity contribution in [3.05, 3.63) is 0 Å². The molecule has 0 saturated heterocycles. The molecule has 2 atom stereocenters. The summed E-state index contributed by atoms with van der Waals surface area (Å²) in [5.74, 6) is -0.884. The van der Waals surface area contributed by atoms with Crippen molar-refractivity contribution in [1.29, 1.82) is 0 Å². The molecule has 2 saturated carbocycles. The van der Waals surface area contributed by atoms with Crippen LogP contribution in [0.25, 0.3) is 0 Å². The first-order chi connectivity index (χ1) is 7.54. The fourth-order valence-corrected chi connectivity index (χ4v) is 4.27. The molecule has 0 aromatic carbocycles. The van der Waals surface area contributed by atoms with Crippen molar-refractivity contribution in [1.82, 2.24) is 4.72 Å². The van der Waals surface area contributed by atoms with Crippen molar-refractivity contribution < 1.29 is 17.9 Å². The predicted molar refractivity (Wildman–Crippen MR) is 58.2 cm³/mol. The number of hydrogen-bond donors (Lipinski definition) is 1. The molecule has 1 N–H and O–H groups in total. The fourth-order valence-electron chi connectivity index (χ4n) is 2.24. The van der Waals surface area contributed by atoms with E-state index in [1.807, 2.05) is 0 Å². The Labute approximate surface area is 95.6 Å². The molecule has 2 unspecified atom stereocenters. The minimum atomic E-state index is -3.35. The number of carbonyl (C=O) groups excluding carboxylic acids is 1. The van der Waals surface area contributed by atoms with Crippen LogP contribution in [0, 0.1) is 5.92 Å². The summed E-state index contributed by atoms with van der Waals surface area (Å²) >= 11 is 0. The van der Waals surface area contributed by atoms with E-state index in [4.69, 9.17) is 0 Å². The van der Waals surface area contributed by atoms with Gasteiger partial charge in [0.05, 0.1) is 18.3 Å².